The predicted molar refractivity (Wildman–Crippen MR) is 106 cm³/mol. The number of aromatic hydroxyl groups is 1. The van der Waals surface area contributed by atoms with Gasteiger partial charge in [0.2, 0.25) is 0 Å². The molecule has 0 spiro atoms. The van der Waals surface area contributed by atoms with Crippen molar-refractivity contribution in [3.05, 3.63) is 65.7 Å². The van der Waals surface area contributed by atoms with Gasteiger partial charge in [-0.1, -0.05) is 56.3 Å². The zero-order chi connectivity index (χ0) is 18.1. The van der Waals surface area contributed by atoms with Gasteiger partial charge in [0.05, 0.1) is 0 Å². The highest BCUT2D eigenvalue weighted by atomic mass is 16.3. The lowest BCUT2D eigenvalue weighted by Crippen LogP contribution is -2.60. The summed E-state index contributed by atoms with van der Waals surface area (Å²) in [6, 6.07) is 19.3. The van der Waals surface area contributed by atoms with Gasteiger partial charge in [0.15, 0.2) is 0 Å². The average molecular weight is 351 g/mol. The van der Waals surface area contributed by atoms with Gasteiger partial charge in [0.1, 0.15) is 5.75 Å². The number of fused-ring (bicyclic) bond motifs is 1. The van der Waals surface area contributed by atoms with Crippen LogP contribution in [0.1, 0.15) is 31.4 Å². The van der Waals surface area contributed by atoms with E-state index < -0.39 is 0 Å². The predicted octanol–water partition coefficient (Wildman–Crippen LogP) is 3.88. The molecule has 0 radical (unpaired) electrons. The van der Waals surface area contributed by atoms with E-state index in [-0.39, 0.29) is 5.41 Å². The summed E-state index contributed by atoms with van der Waals surface area (Å²) in [5, 5.41) is 9.96. The molecule has 0 unspecified atom stereocenters. The lowest BCUT2D eigenvalue weighted by Gasteiger charge is -2.53. The van der Waals surface area contributed by atoms with E-state index in [4.69, 9.17) is 0 Å². The lowest BCUT2D eigenvalue weighted by atomic mass is 9.65. The van der Waals surface area contributed by atoms with Crippen LogP contribution in [0.4, 0.5) is 0 Å². The molecule has 26 heavy (non-hydrogen) atoms. The maximum Gasteiger partial charge on any atom is 0.115 e. The Morgan fingerprint density at radius 2 is 1.85 bits per heavy atom. The topological polar surface area (TPSA) is 26.7 Å². The Bertz CT molecular complexity index is 747. The van der Waals surface area contributed by atoms with Crippen LogP contribution in [-0.2, 0) is 12.0 Å². The molecular formula is C23H30N2O. The second-order valence-corrected chi connectivity index (χ2v) is 8.44. The van der Waals surface area contributed by atoms with E-state index in [1.54, 1.807) is 6.07 Å². The van der Waals surface area contributed by atoms with Crippen molar-refractivity contribution in [2.24, 2.45) is 5.92 Å². The minimum Gasteiger partial charge on any atom is -0.508 e. The van der Waals surface area contributed by atoms with Crippen LogP contribution < -0.4 is 0 Å². The molecule has 2 aliphatic heterocycles. The number of hydrogen-bond acceptors (Lipinski definition) is 3. The highest BCUT2D eigenvalue weighted by Crippen LogP contribution is 2.43. The SMILES string of the molecule is C[C@H]1CN2CCN(Cc3ccccc3)C[C@@H]2C[C@@]1(C)c1cccc(O)c1. The maximum atomic E-state index is 9.96. The van der Waals surface area contributed by atoms with Gasteiger partial charge >= 0.3 is 0 Å². The molecule has 2 aromatic rings. The third kappa shape index (κ3) is 3.38. The molecule has 138 valence electrons. The first-order valence-electron chi connectivity index (χ1n) is 9.84. The van der Waals surface area contributed by atoms with Crippen molar-refractivity contribution in [1.82, 2.24) is 9.80 Å². The summed E-state index contributed by atoms with van der Waals surface area (Å²) in [4.78, 5) is 5.30. The first-order valence-corrected chi connectivity index (χ1v) is 9.84. The Hall–Kier alpha value is -1.84. The number of piperidine rings is 1. The molecule has 3 nitrogen and oxygen atoms in total. The molecule has 1 N–H and O–H groups in total. The van der Waals surface area contributed by atoms with Gasteiger partial charge < -0.3 is 5.11 Å². The summed E-state index contributed by atoms with van der Waals surface area (Å²) < 4.78 is 0. The molecule has 2 aromatic carbocycles. The molecule has 0 aromatic heterocycles. The Balaban J connectivity index is 1.50. The average Bonchev–Trinajstić information content (AvgIpc) is 2.64. The van der Waals surface area contributed by atoms with Crippen molar-refractivity contribution in [2.45, 2.75) is 38.3 Å². The van der Waals surface area contributed by atoms with E-state index in [0.717, 1.165) is 39.1 Å². The second-order valence-electron chi connectivity index (χ2n) is 8.44. The van der Waals surface area contributed by atoms with Gasteiger partial charge in [-0.2, -0.15) is 0 Å². The first-order chi connectivity index (χ1) is 12.5. The van der Waals surface area contributed by atoms with E-state index in [9.17, 15) is 5.11 Å². The third-order valence-corrected chi connectivity index (χ3v) is 6.70. The number of phenolic OH excluding ortho intramolecular Hbond substituents is 1. The molecule has 3 heteroatoms. The molecular weight excluding hydrogens is 320 g/mol. The van der Waals surface area contributed by atoms with Crippen LogP contribution in [0.3, 0.4) is 0 Å². The van der Waals surface area contributed by atoms with Gasteiger partial charge in [-0.15, -0.1) is 0 Å². The fraction of sp³-hybridized carbons (Fsp3) is 0.478. The standard InChI is InChI=1S/C23H30N2O/c1-18-15-25-12-11-24(16-19-7-4-3-5-8-19)17-21(25)14-23(18,2)20-9-6-10-22(26)13-20/h3-10,13,18,21,26H,11-12,14-17H2,1-2H3/t18-,21-,23+/m0/s1. The summed E-state index contributed by atoms with van der Waals surface area (Å²) in [6.07, 6.45) is 1.16. The lowest BCUT2D eigenvalue weighted by molar-refractivity contribution is -0.00557. The fourth-order valence-electron chi connectivity index (χ4n) is 4.88. The van der Waals surface area contributed by atoms with E-state index in [2.05, 4.69) is 60.0 Å². The molecule has 2 saturated heterocycles. The van der Waals surface area contributed by atoms with Crippen LogP contribution in [0.2, 0.25) is 0 Å². The monoisotopic (exact) mass is 350 g/mol. The van der Waals surface area contributed by atoms with Crippen molar-refractivity contribution in [3.8, 4) is 5.75 Å². The first kappa shape index (κ1) is 17.6. The molecule has 0 aliphatic carbocycles. The quantitative estimate of drug-likeness (QED) is 0.910. The number of phenols is 1. The van der Waals surface area contributed by atoms with Crippen LogP contribution in [-0.4, -0.2) is 47.1 Å². The molecule has 0 bridgehead atoms. The van der Waals surface area contributed by atoms with Crippen LogP contribution >= 0.6 is 0 Å². The van der Waals surface area contributed by atoms with Crippen LogP contribution in [0.5, 0.6) is 5.75 Å². The number of benzene rings is 2. The van der Waals surface area contributed by atoms with Gasteiger partial charge in [-0.05, 0) is 41.0 Å². The Morgan fingerprint density at radius 1 is 1.04 bits per heavy atom. The van der Waals surface area contributed by atoms with Gasteiger partial charge in [0, 0.05) is 38.8 Å². The number of nitrogens with zero attached hydrogens (tertiary/aromatic N) is 2. The summed E-state index contributed by atoms with van der Waals surface area (Å²) in [6.45, 7) is 10.4. The molecule has 2 aliphatic rings. The largest absolute Gasteiger partial charge is 0.508 e. The number of piperazine rings is 1. The summed E-state index contributed by atoms with van der Waals surface area (Å²) >= 11 is 0. The highest BCUT2D eigenvalue weighted by Gasteiger charge is 2.44. The van der Waals surface area contributed by atoms with E-state index >= 15 is 0 Å². The smallest absolute Gasteiger partial charge is 0.115 e. The second kappa shape index (κ2) is 7.05. The zero-order valence-electron chi connectivity index (χ0n) is 15.9. The van der Waals surface area contributed by atoms with Gasteiger partial charge in [-0.25, -0.2) is 0 Å². The Labute approximate surface area is 157 Å². The Kier molecular flexibility index (Phi) is 4.76. The van der Waals surface area contributed by atoms with Crippen LogP contribution in [0.15, 0.2) is 54.6 Å². The molecule has 0 amide bonds. The third-order valence-electron chi connectivity index (χ3n) is 6.70. The molecule has 3 atom stereocenters. The van der Waals surface area contributed by atoms with Crippen molar-refractivity contribution >= 4 is 0 Å². The van der Waals surface area contributed by atoms with Crippen molar-refractivity contribution in [2.75, 3.05) is 26.2 Å². The Morgan fingerprint density at radius 3 is 2.62 bits per heavy atom. The molecule has 2 fully saturated rings. The van der Waals surface area contributed by atoms with E-state index in [0.29, 0.717) is 17.7 Å². The molecule has 4 rings (SSSR count). The number of hydrogen-bond donors (Lipinski definition) is 1. The fourth-order valence-corrected chi connectivity index (χ4v) is 4.88. The van der Waals surface area contributed by atoms with E-state index in [1.807, 2.05) is 12.1 Å². The summed E-state index contributed by atoms with van der Waals surface area (Å²) in [5.41, 5.74) is 2.81. The van der Waals surface area contributed by atoms with E-state index in [1.165, 1.54) is 11.1 Å². The van der Waals surface area contributed by atoms with Gasteiger partial charge in [0.25, 0.3) is 0 Å². The summed E-state index contributed by atoms with van der Waals surface area (Å²) in [5.74, 6) is 0.967. The highest BCUT2D eigenvalue weighted by molar-refractivity contribution is 5.34. The minimum absolute atomic E-state index is 0.121. The normalized spacial score (nSPS) is 30.1. The molecule has 0 saturated carbocycles. The summed E-state index contributed by atoms with van der Waals surface area (Å²) in [7, 11) is 0. The van der Waals surface area contributed by atoms with Gasteiger partial charge in [-0.3, -0.25) is 9.80 Å². The molecule has 2 heterocycles. The minimum atomic E-state index is 0.121. The van der Waals surface area contributed by atoms with Crippen LogP contribution in [0, 0.1) is 5.92 Å². The van der Waals surface area contributed by atoms with Crippen molar-refractivity contribution in [3.63, 3.8) is 0 Å². The zero-order valence-corrected chi connectivity index (χ0v) is 15.9. The maximum absolute atomic E-state index is 9.96. The number of rotatable bonds is 3. The van der Waals surface area contributed by atoms with Crippen molar-refractivity contribution in [1.29, 1.82) is 0 Å². The van der Waals surface area contributed by atoms with Crippen molar-refractivity contribution < 1.29 is 5.11 Å². The van der Waals surface area contributed by atoms with Crippen LogP contribution in [0.25, 0.3) is 0 Å².